The molecule has 21 heavy (non-hydrogen) atoms. The van der Waals surface area contributed by atoms with Gasteiger partial charge in [0.1, 0.15) is 11.2 Å². The van der Waals surface area contributed by atoms with Gasteiger partial charge in [0, 0.05) is 6.20 Å². The molecule has 0 spiro atoms. The zero-order chi connectivity index (χ0) is 15.5. The van der Waals surface area contributed by atoms with Gasteiger partial charge in [0.25, 0.3) is 0 Å². The minimum Gasteiger partial charge on any atom is -0.309 e. The number of halogens is 4. The van der Waals surface area contributed by atoms with Crippen LogP contribution in [0.1, 0.15) is 16.5 Å². The number of anilines is 1. The Labute approximate surface area is 123 Å². The number of alkyl halides is 4. The summed E-state index contributed by atoms with van der Waals surface area (Å²) in [5.74, 6) is -0.551. The second-order valence-corrected chi connectivity index (χ2v) is 4.63. The average molecular weight is 315 g/mol. The molecule has 1 heterocycles. The van der Waals surface area contributed by atoms with Crippen molar-refractivity contribution < 1.29 is 18.0 Å². The molecule has 1 atom stereocenters. The van der Waals surface area contributed by atoms with Crippen molar-refractivity contribution in [3.8, 4) is 0 Å². The highest BCUT2D eigenvalue weighted by Gasteiger charge is 2.30. The molecule has 0 saturated carbocycles. The minimum atomic E-state index is -4.46. The molecule has 0 fully saturated rings. The molecule has 0 aliphatic carbocycles. The maximum Gasteiger partial charge on any atom is 0.417 e. The van der Waals surface area contributed by atoms with Gasteiger partial charge in [-0.3, -0.25) is 4.79 Å². The fourth-order valence-electron chi connectivity index (χ4n) is 1.60. The third kappa shape index (κ3) is 3.95. The van der Waals surface area contributed by atoms with Crippen LogP contribution in [0.4, 0.5) is 19.0 Å². The zero-order valence-corrected chi connectivity index (χ0v) is 11.3. The first-order chi connectivity index (χ1) is 9.88. The summed E-state index contributed by atoms with van der Waals surface area (Å²) in [6.07, 6.45) is -3.81. The SMILES string of the molecule is O=C(Nc1ccc(C(F)(F)F)cn1)[C@@H](Cl)c1ccccc1. The molecule has 7 heteroatoms. The van der Waals surface area contributed by atoms with Gasteiger partial charge in [0.05, 0.1) is 5.56 Å². The number of aromatic nitrogens is 1. The van der Waals surface area contributed by atoms with Crippen molar-refractivity contribution in [3.63, 3.8) is 0 Å². The van der Waals surface area contributed by atoms with Gasteiger partial charge in [-0.25, -0.2) is 4.98 Å². The monoisotopic (exact) mass is 314 g/mol. The topological polar surface area (TPSA) is 42.0 Å². The fraction of sp³-hybridized carbons (Fsp3) is 0.143. The van der Waals surface area contributed by atoms with E-state index >= 15 is 0 Å². The molecule has 0 bridgehead atoms. The van der Waals surface area contributed by atoms with Crippen LogP contribution in [-0.4, -0.2) is 10.9 Å². The normalized spacial score (nSPS) is 12.8. The van der Waals surface area contributed by atoms with Crippen molar-refractivity contribution >= 4 is 23.3 Å². The summed E-state index contributed by atoms with van der Waals surface area (Å²) in [5, 5.41) is 1.42. The first kappa shape index (κ1) is 15.3. The van der Waals surface area contributed by atoms with E-state index in [0.29, 0.717) is 11.8 Å². The van der Waals surface area contributed by atoms with Gasteiger partial charge in [-0.15, -0.1) is 11.6 Å². The Morgan fingerprint density at radius 2 is 1.81 bits per heavy atom. The number of amides is 1. The van der Waals surface area contributed by atoms with E-state index in [1.165, 1.54) is 0 Å². The molecule has 1 N–H and O–H groups in total. The van der Waals surface area contributed by atoms with E-state index in [9.17, 15) is 18.0 Å². The molecule has 110 valence electrons. The smallest absolute Gasteiger partial charge is 0.309 e. The first-order valence-electron chi connectivity index (χ1n) is 5.91. The van der Waals surface area contributed by atoms with Gasteiger partial charge in [0.15, 0.2) is 0 Å². The lowest BCUT2D eigenvalue weighted by Crippen LogP contribution is -2.18. The predicted octanol–water partition coefficient (Wildman–Crippen LogP) is 4.02. The van der Waals surface area contributed by atoms with Gasteiger partial charge < -0.3 is 5.32 Å². The van der Waals surface area contributed by atoms with Crippen molar-refractivity contribution in [1.29, 1.82) is 0 Å². The molecule has 1 aromatic heterocycles. The van der Waals surface area contributed by atoms with Crippen molar-refractivity contribution in [2.24, 2.45) is 0 Å². The summed E-state index contributed by atoms with van der Waals surface area (Å²) < 4.78 is 37.1. The van der Waals surface area contributed by atoms with Gasteiger partial charge in [-0.05, 0) is 17.7 Å². The predicted molar refractivity (Wildman–Crippen MR) is 72.9 cm³/mol. The Kier molecular flexibility index (Phi) is 4.47. The number of rotatable bonds is 3. The fourth-order valence-corrected chi connectivity index (χ4v) is 1.80. The summed E-state index contributed by atoms with van der Waals surface area (Å²) in [6.45, 7) is 0. The molecule has 1 amide bonds. The van der Waals surface area contributed by atoms with E-state index in [0.717, 1.165) is 12.1 Å². The maximum absolute atomic E-state index is 12.4. The lowest BCUT2D eigenvalue weighted by atomic mass is 10.1. The van der Waals surface area contributed by atoms with Gasteiger partial charge in [-0.1, -0.05) is 30.3 Å². The van der Waals surface area contributed by atoms with Crippen LogP contribution in [0.25, 0.3) is 0 Å². The molecular formula is C14H10ClF3N2O. The van der Waals surface area contributed by atoms with E-state index in [1.807, 2.05) is 0 Å². The molecule has 2 aromatic rings. The molecule has 2 rings (SSSR count). The number of benzene rings is 1. The highest BCUT2D eigenvalue weighted by molar-refractivity contribution is 6.32. The van der Waals surface area contributed by atoms with Crippen LogP contribution in [0, 0.1) is 0 Å². The lowest BCUT2D eigenvalue weighted by Gasteiger charge is -2.11. The Morgan fingerprint density at radius 3 is 2.33 bits per heavy atom. The Bertz CT molecular complexity index is 614. The van der Waals surface area contributed by atoms with Crippen molar-refractivity contribution in [3.05, 3.63) is 59.8 Å². The highest BCUT2D eigenvalue weighted by atomic mass is 35.5. The summed E-state index contributed by atoms with van der Waals surface area (Å²) >= 11 is 5.99. The third-order valence-corrected chi connectivity index (χ3v) is 3.11. The number of hydrogen-bond acceptors (Lipinski definition) is 2. The zero-order valence-electron chi connectivity index (χ0n) is 10.6. The number of hydrogen-bond donors (Lipinski definition) is 1. The molecule has 0 radical (unpaired) electrons. The van der Waals surface area contributed by atoms with Crippen LogP contribution in [0.5, 0.6) is 0 Å². The number of nitrogens with one attached hydrogen (secondary N) is 1. The highest BCUT2D eigenvalue weighted by Crippen LogP contribution is 2.29. The Hall–Kier alpha value is -2.08. The van der Waals surface area contributed by atoms with E-state index in [2.05, 4.69) is 10.3 Å². The number of pyridine rings is 1. The second kappa shape index (κ2) is 6.13. The van der Waals surface area contributed by atoms with E-state index in [1.54, 1.807) is 30.3 Å². The van der Waals surface area contributed by atoms with Crippen LogP contribution in [0.3, 0.4) is 0 Å². The standard InChI is InChI=1S/C14H10ClF3N2O/c15-12(9-4-2-1-3-5-9)13(21)20-11-7-6-10(8-19-11)14(16,17)18/h1-8,12H,(H,19,20,21)/t12-/m0/s1. The summed E-state index contributed by atoms with van der Waals surface area (Å²) in [6, 6.07) is 10.5. The molecule has 0 saturated heterocycles. The first-order valence-corrected chi connectivity index (χ1v) is 6.34. The maximum atomic E-state index is 12.4. The van der Waals surface area contributed by atoms with Crippen LogP contribution in [0.15, 0.2) is 48.7 Å². The van der Waals surface area contributed by atoms with Crippen LogP contribution >= 0.6 is 11.6 Å². The summed E-state index contributed by atoms with van der Waals surface area (Å²) in [4.78, 5) is 15.4. The number of carbonyl (C=O) groups excluding carboxylic acids is 1. The second-order valence-electron chi connectivity index (χ2n) is 4.19. The average Bonchev–Trinajstić information content (AvgIpc) is 2.47. The van der Waals surface area contributed by atoms with Crippen LogP contribution in [-0.2, 0) is 11.0 Å². The van der Waals surface area contributed by atoms with Crippen LogP contribution < -0.4 is 5.32 Å². The molecule has 3 nitrogen and oxygen atoms in total. The molecule has 0 aliphatic rings. The van der Waals surface area contributed by atoms with Crippen molar-refractivity contribution in [2.45, 2.75) is 11.6 Å². The third-order valence-electron chi connectivity index (χ3n) is 2.66. The number of carbonyl (C=O) groups is 1. The lowest BCUT2D eigenvalue weighted by molar-refractivity contribution is -0.137. The van der Waals surface area contributed by atoms with Crippen molar-refractivity contribution in [1.82, 2.24) is 4.98 Å². The molecule has 0 unspecified atom stereocenters. The van der Waals surface area contributed by atoms with Gasteiger partial charge >= 0.3 is 6.18 Å². The Morgan fingerprint density at radius 1 is 1.14 bits per heavy atom. The summed E-state index contributed by atoms with van der Waals surface area (Å²) in [7, 11) is 0. The Balaban J connectivity index is 2.06. The minimum absolute atomic E-state index is 0.00887. The van der Waals surface area contributed by atoms with Crippen molar-refractivity contribution in [2.75, 3.05) is 5.32 Å². The van der Waals surface area contributed by atoms with E-state index in [-0.39, 0.29) is 5.82 Å². The largest absolute Gasteiger partial charge is 0.417 e. The molecule has 0 aliphatic heterocycles. The quantitative estimate of drug-likeness (QED) is 0.869. The number of nitrogens with zero attached hydrogens (tertiary/aromatic N) is 1. The van der Waals surface area contributed by atoms with E-state index < -0.39 is 23.0 Å². The van der Waals surface area contributed by atoms with Crippen LogP contribution in [0.2, 0.25) is 0 Å². The molecular weight excluding hydrogens is 305 g/mol. The van der Waals surface area contributed by atoms with Gasteiger partial charge in [-0.2, -0.15) is 13.2 Å². The summed E-state index contributed by atoms with van der Waals surface area (Å²) in [5.41, 5.74) is -0.297. The van der Waals surface area contributed by atoms with E-state index in [4.69, 9.17) is 11.6 Å². The molecule has 1 aromatic carbocycles. The van der Waals surface area contributed by atoms with Gasteiger partial charge in [0.2, 0.25) is 5.91 Å².